The van der Waals surface area contributed by atoms with Gasteiger partial charge in [-0.15, -0.1) is 0 Å². The fourth-order valence-electron chi connectivity index (χ4n) is 3.02. The second kappa shape index (κ2) is 6.47. The first-order valence-electron chi connectivity index (χ1n) is 8.14. The molecule has 2 N–H and O–H groups in total. The van der Waals surface area contributed by atoms with E-state index in [9.17, 15) is 9.59 Å². The molecule has 1 aliphatic rings. The van der Waals surface area contributed by atoms with E-state index in [1.54, 1.807) is 4.90 Å². The lowest BCUT2D eigenvalue weighted by atomic mass is 10.1. The van der Waals surface area contributed by atoms with Crippen LogP contribution in [0.3, 0.4) is 0 Å². The molecule has 1 saturated heterocycles. The highest BCUT2D eigenvalue weighted by atomic mass is 16.2. The Hall–Kier alpha value is -2.63. The van der Waals surface area contributed by atoms with Crippen LogP contribution in [0.2, 0.25) is 0 Å². The standard InChI is InChI=1S/C18H22N4O2/c1-11-12(2)20-21-17(11)19-18(24)15-9-16(23)22(10-15)13(3)14-7-5-4-6-8-14/h4-8,13,15H,9-10H2,1-3H3,(H2,19,20,21,24). The Labute approximate surface area is 141 Å². The lowest BCUT2D eigenvalue weighted by Crippen LogP contribution is -2.30. The molecule has 0 spiro atoms. The van der Waals surface area contributed by atoms with Crippen molar-refractivity contribution in [1.29, 1.82) is 0 Å². The normalized spacial score (nSPS) is 18.7. The van der Waals surface area contributed by atoms with Gasteiger partial charge < -0.3 is 10.2 Å². The number of aryl methyl sites for hydroxylation is 1. The van der Waals surface area contributed by atoms with Gasteiger partial charge in [0.1, 0.15) is 0 Å². The summed E-state index contributed by atoms with van der Waals surface area (Å²) in [5.41, 5.74) is 2.92. The van der Waals surface area contributed by atoms with E-state index < -0.39 is 0 Å². The Bertz CT molecular complexity index is 754. The zero-order chi connectivity index (χ0) is 17.3. The first-order valence-corrected chi connectivity index (χ1v) is 8.14. The number of aromatic amines is 1. The topological polar surface area (TPSA) is 78.1 Å². The van der Waals surface area contributed by atoms with Crippen molar-refractivity contribution >= 4 is 17.6 Å². The van der Waals surface area contributed by atoms with Crippen LogP contribution in [-0.2, 0) is 9.59 Å². The van der Waals surface area contributed by atoms with Gasteiger partial charge in [0.15, 0.2) is 5.82 Å². The molecule has 1 fully saturated rings. The molecular formula is C18H22N4O2. The first-order chi connectivity index (χ1) is 11.5. The van der Waals surface area contributed by atoms with E-state index in [0.29, 0.717) is 12.4 Å². The molecule has 1 aromatic heterocycles. The number of nitrogens with one attached hydrogen (secondary N) is 2. The van der Waals surface area contributed by atoms with Crippen molar-refractivity contribution in [2.75, 3.05) is 11.9 Å². The lowest BCUT2D eigenvalue weighted by Gasteiger charge is -2.25. The monoisotopic (exact) mass is 326 g/mol. The smallest absolute Gasteiger partial charge is 0.231 e. The Morgan fingerprint density at radius 3 is 2.67 bits per heavy atom. The molecule has 2 heterocycles. The number of hydrogen-bond donors (Lipinski definition) is 2. The molecule has 1 aliphatic heterocycles. The minimum Gasteiger partial charge on any atom is -0.335 e. The summed E-state index contributed by atoms with van der Waals surface area (Å²) in [7, 11) is 0. The molecule has 1 aromatic carbocycles. The number of hydrogen-bond acceptors (Lipinski definition) is 3. The zero-order valence-electron chi connectivity index (χ0n) is 14.2. The number of H-pyrrole nitrogens is 1. The maximum atomic E-state index is 12.5. The number of amides is 2. The van der Waals surface area contributed by atoms with Gasteiger partial charge in [-0.2, -0.15) is 5.10 Å². The van der Waals surface area contributed by atoms with Crippen LogP contribution in [0.25, 0.3) is 0 Å². The Kier molecular flexibility index (Phi) is 4.38. The van der Waals surface area contributed by atoms with Crippen LogP contribution >= 0.6 is 0 Å². The van der Waals surface area contributed by atoms with Crippen molar-refractivity contribution in [3.8, 4) is 0 Å². The molecule has 6 heteroatoms. The summed E-state index contributed by atoms with van der Waals surface area (Å²) in [5, 5.41) is 9.77. The predicted octanol–water partition coefficient (Wildman–Crippen LogP) is 2.57. The SMILES string of the molecule is Cc1[nH]nc(NC(=O)C2CC(=O)N(C(C)c3ccccc3)C2)c1C. The molecule has 2 aromatic rings. The average molecular weight is 326 g/mol. The summed E-state index contributed by atoms with van der Waals surface area (Å²) in [6.45, 7) is 6.23. The number of anilines is 1. The van der Waals surface area contributed by atoms with Gasteiger partial charge in [-0.05, 0) is 26.3 Å². The number of aromatic nitrogens is 2. The Balaban J connectivity index is 1.68. The molecule has 0 saturated carbocycles. The molecule has 2 amide bonds. The number of rotatable bonds is 4. The maximum absolute atomic E-state index is 12.5. The van der Waals surface area contributed by atoms with E-state index in [4.69, 9.17) is 0 Å². The third-order valence-electron chi connectivity index (χ3n) is 4.77. The van der Waals surface area contributed by atoms with Gasteiger partial charge in [0, 0.05) is 24.2 Å². The summed E-state index contributed by atoms with van der Waals surface area (Å²) in [6.07, 6.45) is 0.242. The van der Waals surface area contributed by atoms with Crippen LogP contribution in [0.5, 0.6) is 0 Å². The predicted molar refractivity (Wildman–Crippen MR) is 91.4 cm³/mol. The highest BCUT2D eigenvalue weighted by Gasteiger charge is 2.37. The van der Waals surface area contributed by atoms with E-state index >= 15 is 0 Å². The van der Waals surface area contributed by atoms with Gasteiger partial charge in [0.2, 0.25) is 11.8 Å². The molecule has 24 heavy (non-hydrogen) atoms. The van der Waals surface area contributed by atoms with Gasteiger partial charge in [0.05, 0.1) is 12.0 Å². The number of likely N-dealkylation sites (tertiary alicyclic amines) is 1. The second-order valence-electron chi connectivity index (χ2n) is 6.35. The number of carbonyl (C=O) groups excluding carboxylic acids is 2. The summed E-state index contributed by atoms with van der Waals surface area (Å²) in [4.78, 5) is 26.6. The van der Waals surface area contributed by atoms with Crippen LogP contribution in [0.1, 0.15) is 36.2 Å². The molecule has 2 atom stereocenters. The summed E-state index contributed by atoms with van der Waals surface area (Å²) < 4.78 is 0. The minimum absolute atomic E-state index is 0.0152. The zero-order valence-corrected chi connectivity index (χ0v) is 14.2. The van der Waals surface area contributed by atoms with Crippen molar-refractivity contribution in [3.05, 3.63) is 47.2 Å². The molecule has 2 unspecified atom stereocenters. The fourth-order valence-corrected chi connectivity index (χ4v) is 3.02. The van der Waals surface area contributed by atoms with Gasteiger partial charge in [-0.3, -0.25) is 14.7 Å². The quantitative estimate of drug-likeness (QED) is 0.906. The van der Waals surface area contributed by atoms with Gasteiger partial charge >= 0.3 is 0 Å². The molecule has 6 nitrogen and oxygen atoms in total. The highest BCUT2D eigenvalue weighted by molar-refractivity contribution is 5.97. The molecule has 126 valence electrons. The van der Waals surface area contributed by atoms with E-state index in [1.165, 1.54) is 0 Å². The van der Waals surface area contributed by atoms with Crippen molar-refractivity contribution in [2.24, 2.45) is 5.92 Å². The van der Waals surface area contributed by atoms with Crippen molar-refractivity contribution in [2.45, 2.75) is 33.2 Å². The fraction of sp³-hybridized carbons (Fsp3) is 0.389. The van der Waals surface area contributed by atoms with Crippen LogP contribution in [0.4, 0.5) is 5.82 Å². The van der Waals surface area contributed by atoms with E-state index in [0.717, 1.165) is 16.8 Å². The third kappa shape index (κ3) is 3.04. The van der Waals surface area contributed by atoms with E-state index in [1.807, 2.05) is 51.1 Å². The van der Waals surface area contributed by atoms with E-state index in [-0.39, 0.29) is 30.2 Å². The number of nitrogens with zero attached hydrogens (tertiary/aromatic N) is 2. The lowest BCUT2D eigenvalue weighted by molar-refractivity contribution is -0.129. The molecular weight excluding hydrogens is 304 g/mol. The minimum atomic E-state index is -0.347. The summed E-state index contributed by atoms with van der Waals surface area (Å²) >= 11 is 0. The molecule has 0 radical (unpaired) electrons. The van der Waals surface area contributed by atoms with Gasteiger partial charge in [-0.1, -0.05) is 30.3 Å². The third-order valence-corrected chi connectivity index (χ3v) is 4.77. The van der Waals surface area contributed by atoms with Crippen LogP contribution in [0.15, 0.2) is 30.3 Å². The molecule has 0 bridgehead atoms. The van der Waals surface area contributed by atoms with Crippen LogP contribution < -0.4 is 5.32 Å². The van der Waals surface area contributed by atoms with Crippen molar-refractivity contribution < 1.29 is 9.59 Å². The molecule has 0 aliphatic carbocycles. The summed E-state index contributed by atoms with van der Waals surface area (Å²) in [5.74, 6) is 0.0571. The average Bonchev–Trinajstić information content (AvgIpc) is 3.12. The molecule has 3 rings (SSSR count). The maximum Gasteiger partial charge on any atom is 0.231 e. The van der Waals surface area contributed by atoms with Crippen LogP contribution in [0, 0.1) is 19.8 Å². The summed E-state index contributed by atoms with van der Waals surface area (Å²) in [6, 6.07) is 9.83. The van der Waals surface area contributed by atoms with Crippen molar-refractivity contribution in [3.63, 3.8) is 0 Å². The first kappa shape index (κ1) is 16.2. The Morgan fingerprint density at radius 2 is 2.04 bits per heavy atom. The largest absolute Gasteiger partial charge is 0.335 e. The van der Waals surface area contributed by atoms with Gasteiger partial charge in [0.25, 0.3) is 0 Å². The van der Waals surface area contributed by atoms with E-state index in [2.05, 4.69) is 15.5 Å². The van der Waals surface area contributed by atoms with Gasteiger partial charge in [-0.25, -0.2) is 0 Å². The number of carbonyl (C=O) groups is 2. The van der Waals surface area contributed by atoms with Crippen molar-refractivity contribution in [1.82, 2.24) is 15.1 Å². The highest BCUT2D eigenvalue weighted by Crippen LogP contribution is 2.29. The Morgan fingerprint density at radius 1 is 1.33 bits per heavy atom. The second-order valence-corrected chi connectivity index (χ2v) is 6.35. The van der Waals surface area contributed by atoms with Crippen LogP contribution in [-0.4, -0.2) is 33.5 Å². The number of benzene rings is 1.